The van der Waals surface area contributed by atoms with E-state index in [4.69, 9.17) is 4.74 Å². The smallest absolute Gasteiger partial charge is 0.170 e. The van der Waals surface area contributed by atoms with Crippen LogP contribution >= 0.6 is 0 Å². The van der Waals surface area contributed by atoms with Gasteiger partial charge in [-0.2, -0.15) is 0 Å². The maximum Gasteiger partial charge on any atom is 0.170 e. The van der Waals surface area contributed by atoms with Crippen LogP contribution in [0.1, 0.15) is 37.7 Å². The number of carbonyl (C=O) groups is 1. The van der Waals surface area contributed by atoms with Gasteiger partial charge >= 0.3 is 0 Å². The molecule has 3 heteroatoms. The van der Waals surface area contributed by atoms with Crippen LogP contribution in [0.4, 0.5) is 0 Å². The number of nitrogens with zero attached hydrogens (tertiary/aromatic N) is 1. The second-order valence-corrected chi connectivity index (χ2v) is 6.76. The van der Waals surface area contributed by atoms with Crippen molar-refractivity contribution < 1.29 is 9.53 Å². The van der Waals surface area contributed by atoms with Gasteiger partial charge in [0.15, 0.2) is 5.78 Å². The number of hydrogen-bond acceptors (Lipinski definition) is 3. The zero-order chi connectivity index (χ0) is 14.4. The molecule has 21 heavy (non-hydrogen) atoms. The zero-order valence-electron chi connectivity index (χ0n) is 12.4. The highest BCUT2D eigenvalue weighted by molar-refractivity contribution is 6.21. The molecule has 1 spiro atoms. The van der Waals surface area contributed by atoms with Crippen molar-refractivity contribution in [3.8, 4) is 0 Å². The average Bonchev–Trinajstić information content (AvgIpc) is 2.72. The molecule has 4 rings (SSSR count). The van der Waals surface area contributed by atoms with Gasteiger partial charge in [-0.3, -0.25) is 4.79 Å². The van der Waals surface area contributed by atoms with E-state index in [1.807, 2.05) is 30.3 Å². The van der Waals surface area contributed by atoms with Crippen LogP contribution in [0.25, 0.3) is 5.57 Å². The van der Waals surface area contributed by atoms with Crippen molar-refractivity contribution in [2.45, 2.75) is 49.8 Å². The van der Waals surface area contributed by atoms with Gasteiger partial charge in [0.25, 0.3) is 0 Å². The predicted molar refractivity (Wildman–Crippen MR) is 81.7 cm³/mol. The molecule has 0 saturated carbocycles. The second kappa shape index (κ2) is 4.70. The summed E-state index contributed by atoms with van der Waals surface area (Å²) < 4.78 is 6.16. The fourth-order valence-corrected chi connectivity index (χ4v) is 4.29. The number of allylic oxidation sites excluding steroid dienone is 1. The third-order valence-electron chi connectivity index (χ3n) is 5.50. The number of carbonyl (C=O) groups excluding carboxylic acids is 1. The van der Waals surface area contributed by atoms with Crippen LogP contribution in [0.3, 0.4) is 0 Å². The molecule has 0 aromatic heterocycles. The van der Waals surface area contributed by atoms with Gasteiger partial charge in [0.05, 0.1) is 18.3 Å². The highest BCUT2D eigenvalue weighted by atomic mass is 16.5. The maximum absolute atomic E-state index is 12.6. The highest BCUT2D eigenvalue weighted by Crippen LogP contribution is 2.46. The van der Waals surface area contributed by atoms with Crippen LogP contribution in [0.15, 0.2) is 36.6 Å². The third kappa shape index (κ3) is 2.11. The molecule has 2 fully saturated rings. The topological polar surface area (TPSA) is 29.5 Å². The van der Waals surface area contributed by atoms with E-state index in [-0.39, 0.29) is 11.4 Å². The van der Waals surface area contributed by atoms with Crippen LogP contribution in [-0.4, -0.2) is 35.4 Å². The van der Waals surface area contributed by atoms with Crippen molar-refractivity contribution in [1.82, 2.24) is 4.90 Å². The van der Waals surface area contributed by atoms with E-state index in [1.165, 1.54) is 12.8 Å². The van der Waals surface area contributed by atoms with E-state index >= 15 is 0 Å². The lowest BCUT2D eigenvalue weighted by atomic mass is 9.79. The van der Waals surface area contributed by atoms with Gasteiger partial charge in [-0.05, 0) is 25.5 Å². The minimum Gasteiger partial charge on any atom is -0.494 e. The van der Waals surface area contributed by atoms with Crippen LogP contribution in [0, 0.1) is 0 Å². The van der Waals surface area contributed by atoms with E-state index in [1.54, 1.807) is 6.26 Å². The van der Waals surface area contributed by atoms with Gasteiger partial charge in [-0.1, -0.05) is 30.3 Å². The largest absolute Gasteiger partial charge is 0.494 e. The Hall–Kier alpha value is -1.61. The Bertz CT molecular complexity index is 578. The van der Waals surface area contributed by atoms with Gasteiger partial charge in [0, 0.05) is 24.9 Å². The van der Waals surface area contributed by atoms with Gasteiger partial charge in [-0.25, -0.2) is 0 Å². The SMILES string of the molecule is CN1C2CCC1CC1(CC(=O)C(c3ccccc3)=CO1)C2. The lowest BCUT2D eigenvalue weighted by Crippen LogP contribution is -2.52. The standard InChI is InChI=1S/C18H21NO2/c1-19-14-7-8-15(19)10-18(9-14)11-17(20)16(12-21-18)13-5-3-2-4-6-13/h2-6,12,14-15H,7-11H2,1H3. The molecule has 2 bridgehead atoms. The maximum atomic E-state index is 12.6. The molecule has 2 saturated heterocycles. The number of hydrogen-bond donors (Lipinski definition) is 0. The summed E-state index contributed by atoms with van der Waals surface area (Å²) in [5.74, 6) is 0.233. The summed E-state index contributed by atoms with van der Waals surface area (Å²) in [6.07, 6.45) is 6.74. The number of Topliss-reactive ketones (excluding diaryl/α,β-unsaturated/α-hetero) is 1. The van der Waals surface area contributed by atoms with E-state index in [0.29, 0.717) is 18.5 Å². The van der Waals surface area contributed by atoms with Gasteiger partial charge in [0.1, 0.15) is 5.60 Å². The number of ether oxygens (including phenoxy) is 1. The zero-order valence-corrected chi connectivity index (χ0v) is 12.4. The predicted octanol–water partition coefficient (Wildman–Crippen LogP) is 3.01. The molecule has 0 N–H and O–H groups in total. The van der Waals surface area contributed by atoms with E-state index in [9.17, 15) is 4.79 Å². The quantitative estimate of drug-likeness (QED) is 0.793. The summed E-state index contributed by atoms with van der Waals surface area (Å²) in [6, 6.07) is 11.0. The van der Waals surface area contributed by atoms with E-state index in [0.717, 1.165) is 24.0 Å². The molecule has 110 valence electrons. The van der Waals surface area contributed by atoms with E-state index in [2.05, 4.69) is 11.9 Å². The number of piperidine rings is 1. The first-order chi connectivity index (χ1) is 10.2. The second-order valence-electron chi connectivity index (χ2n) is 6.76. The Morgan fingerprint density at radius 2 is 1.81 bits per heavy atom. The first-order valence-electron chi connectivity index (χ1n) is 7.85. The van der Waals surface area contributed by atoms with Gasteiger partial charge in [0.2, 0.25) is 0 Å². The molecule has 3 nitrogen and oxygen atoms in total. The molecule has 1 aromatic carbocycles. The minimum atomic E-state index is -0.242. The molecular weight excluding hydrogens is 262 g/mol. The molecular formula is C18H21NO2. The lowest BCUT2D eigenvalue weighted by molar-refractivity contribution is -0.126. The monoisotopic (exact) mass is 283 g/mol. The van der Waals surface area contributed by atoms with Crippen molar-refractivity contribution in [1.29, 1.82) is 0 Å². The molecule has 2 atom stereocenters. The van der Waals surface area contributed by atoms with Crippen LogP contribution in [0.2, 0.25) is 0 Å². The summed E-state index contributed by atoms with van der Waals surface area (Å²) in [4.78, 5) is 15.1. The number of benzene rings is 1. The van der Waals surface area contributed by atoms with Gasteiger partial charge < -0.3 is 9.64 Å². The molecule has 0 aliphatic carbocycles. The number of fused-ring (bicyclic) bond motifs is 2. The first-order valence-corrected chi connectivity index (χ1v) is 7.85. The van der Waals surface area contributed by atoms with E-state index < -0.39 is 0 Å². The minimum absolute atomic E-state index is 0.233. The molecule has 0 radical (unpaired) electrons. The summed E-state index contributed by atoms with van der Waals surface area (Å²) in [7, 11) is 2.21. The fourth-order valence-electron chi connectivity index (χ4n) is 4.29. The Morgan fingerprint density at radius 3 is 2.43 bits per heavy atom. The Balaban J connectivity index is 1.60. The third-order valence-corrected chi connectivity index (χ3v) is 5.50. The van der Waals surface area contributed by atoms with Crippen molar-refractivity contribution in [3.63, 3.8) is 0 Å². The fraction of sp³-hybridized carbons (Fsp3) is 0.500. The average molecular weight is 283 g/mol. The molecule has 2 unspecified atom stereocenters. The number of rotatable bonds is 1. The normalized spacial score (nSPS) is 35.7. The van der Waals surface area contributed by atoms with Crippen LogP contribution < -0.4 is 0 Å². The van der Waals surface area contributed by atoms with Crippen LogP contribution in [-0.2, 0) is 9.53 Å². The molecule has 3 aliphatic heterocycles. The van der Waals surface area contributed by atoms with Crippen molar-refractivity contribution >= 4 is 11.4 Å². The summed E-state index contributed by atoms with van der Waals surface area (Å²) in [6.45, 7) is 0. The Labute approximate surface area is 125 Å². The molecule has 0 amide bonds. The van der Waals surface area contributed by atoms with Crippen LogP contribution in [0.5, 0.6) is 0 Å². The summed E-state index contributed by atoms with van der Waals surface area (Å²) >= 11 is 0. The van der Waals surface area contributed by atoms with Crippen molar-refractivity contribution in [2.75, 3.05) is 7.05 Å². The summed E-state index contributed by atoms with van der Waals surface area (Å²) in [5, 5.41) is 0. The van der Waals surface area contributed by atoms with Gasteiger partial charge in [-0.15, -0.1) is 0 Å². The Morgan fingerprint density at radius 1 is 1.14 bits per heavy atom. The Kier molecular flexibility index (Phi) is 2.93. The first kappa shape index (κ1) is 13.1. The molecule has 1 aromatic rings. The van der Waals surface area contributed by atoms with Crippen molar-refractivity contribution in [3.05, 3.63) is 42.2 Å². The molecule has 3 heterocycles. The summed E-state index contributed by atoms with van der Waals surface area (Å²) in [5.41, 5.74) is 1.45. The highest BCUT2D eigenvalue weighted by Gasteiger charge is 2.50. The number of ketones is 1. The lowest BCUT2D eigenvalue weighted by Gasteiger charge is -2.45. The van der Waals surface area contributed by atoms with Crippen molar-refractivity contribution in [2.24, 2.45) is 0 Å². The molecule has 3 aliphatic rings.